The molecule has 0 unspecified atom stereocenters. The minimum Gasteiger partial charge on any atom is -0.497 e. The van der Waals surface area contributed by atoms with Gasteiger partial charge in [0.05, 0.1) is 31.0 Å². The van der Waals surface area contributed by atoms with Gasteiger partial charge >= 0.3 is 0 Å². The van der Waals surface area contributed by atoms with Crippen LogP contribution in [0, 0.1) is 5.82 Å². The quantitative estimate of drug-likeness (QED) is 0.291. The normalized spacial score (nSPS) is 12.8. The molecule has 0 aliphatic heterocycles. The van der Waals surface area contributed by atoms with Gasteiger partial charge < -0.3 is 14.1 Å². The van der Waals surface area contributed by atoms with Crippen molar-refractivity contribution >= 4 is 10.9 Å². The summed E-state index contributed by atoms with van der Waals surface area (Å²) >= 11 is 0. The molecule has 202 valence electrons. The van der Waals surface area contributed by atoms with Gasteiger partial charge in [-0.15, -0.1) is 5.10 Å². The number of halogens is 1. The van der Waals surface area contributed by atoms with E-state index in [9.17, 15) is 9.18 Å². The summed E-state index contributed by atoms with van der Waals surface area (Å²) in [6, 6.07) is 17.0. The van der Waals surface area contributed by atoms with Gasteiger partial charge in [0.1, 0.15) is 23.4 Å². The Morgan fingerprint density at radius 1 is 1.13 bits per heavy atom. The molecule has 0 amide bonds. The van der Waals surface area contributed by atoms with E-state index in [4.69, 9.17) is 9.15 Å². The summed E-state index contributed by atoms with van der Waals surface area (Å²) in [6.45, 7) is 6.95. The smallest absolute Gasteiger partial charge is 0.253 e. The SMILES string of the molecule is COc1ccc2cc([C@@H](c3nnnn3C(C)(C)C)N(CCc3ccc(F)cc3)Cc3ccco3)c(=O)[nH]c2c1. The van der Waals surface area contributed by atoms with Crippen LogP contribution in [-0.2, 0) is 18.5 Å². The van der Waals surface area contributed by atoms with Crippen LogP contribution in [-0.4, -0.2) is 43.7 Å². The van der Waals surface area contributed by atoms with Crippen molar-refractivity contribution in [3.8, 4) is 5.75 Å². The Kier molecular flexibility index (Phi) is 7.30. The molecule has 39 heavy (non-hydrogen) atoms. The van der Waals surface area contributed by atoms with E-state index in [1.165, 1.54) is 12.1 Å². The molecular weight excluding hydrogens is 499 g/mol. The number of methoxy groups -OCH3 is 1. The molecule has 3 heterocycles. The third-order valence-corrected chi connectivity index (χ3v) is 6.66. The fourth-order valence-electron chi connectivity index (χ4n) is 4.69. The minimum atomic E-state index is -0.611. The maximum Gasteiger partial charge on any atom is 0.253 e. The Morgan fingerprint density at radius 2 is 1.92 bits per heavy atom. The summed E-state index contributed by atoms with van der Waals surface area (Å²) < 4.78 is 26.4. The molecule has 0 radical (unpaired) electrons. The van der Waals surface area contributed by atoms with E-state index in [0.717, 1.165) is 16.7 Å². The number of furan rings is 1. The maximum absolute atomic E-state index is 13.7. The average Bonchev–Trinajstić information content (AvgIpc) is 3.61. The summed E-state index contributed by atoms with van der Waals surface area (Å²) in [5, 5.41) is 13.6. The van der Waals surface area contributed by atoms with Crippen LogP contribution in [0.4, 0.5) is 4.39 Å². The van der Waals surface area contributed by atoms with Crippen molar-refractivity contribution in [2.75, 3.05) is 13.7 Å². The van der Waals surface area contributed by atoms with Gasteiger partial charge in [-0.2, -0.15) is 0 Å². The number of aromatic nitrogens is 5. The number of hydrogen-bond donors (Lipinski definition) is 1. The summed E-state index contributed by atoms with van der Waals surface area (Å²) in [5.74, 6) is 1.63. The number of H-pyrrole nitrogens is 1. The lowest BCUT2D eigenvalue weighted by Gasteiger charge is -2.32. The topological polar surface area (TPSA) is 102 Å². The van der Waals surface area contributed by atoms with Crippen LogP contribution in [0.5, 0.6) is 5.75 Å². The van der Waals surface area contributed by atoms with Gasteiger partial charge in [-0.1, -0.05) is 12.1 Å². The lowest BCUT2D eigenvalue weighted by atomic mass is 10.0. The number of tetrazole rings is 1. The average molecular weight is 531 g/mol. The van der Waals surface area contributed by atoms with Gasteiger partial charge in [0, 0.05) is 18.2 Å². The van der Waals surface area contributed by atoms with Crippen molar-refractivity contribution in [3.63, 3.8) is 0 Å². The molecule has 3 aromatic heterocycles. The van der Waals surface area contributed by atoms with E-state index in [2.05, 4.69) is 25.4 Å². The van der Waals surface area contributed by atoms with Crippen LogP contribution in [0.2, 0.25) is 0 Å². The molecule has 0 saturated heterocycles. The van der Waals surface area contributed by atoms with E-state index >= 15 is 0 Å². The fourth-order valence-corrected chi connectivity index (χ4v) is 4.69. The van der Waals surface area contributed by atoms with Crippen LogP contribution in [0.3, 0.4) is 0 Å². The molecule has 0 bridgehead atoms. The lowest BCUT2D eigenvalue weighted by Crippen LogP contribution is -2.38. The van der Waals surface area contributed by atoms with Crippen LogP contribution in [0.25, 0.3) is 10.9 Å². The largest absolute Gasteiger partial charge is 0.497 e. The van der Waals surface area contributed by atoms with Crippen molar-refractivity contribution in [2.24, 2.45) is 0 Å². The molecule has 0 aliphatic rings. The summed E-state index contributed by atoms with van der Waals surface area (Å²) in [7, 11) is 1.59. The molecule has 5 rings (SSSR count). The number of nitrogens with zero attached hydrogens (tertiary/aromatic N) is 5. The Morgan fingerprint density at radius 3 is 2.62 bits per heavy atom. The highest BCUT2D eigenvalue weighted by Crippen LogP contribution is 2.31. The second-order valence-electron chi connectivity index (χ2n) is 10.5. The van der Waals surface area contributed by atoms with Gasteiger partial charge in [-0.3, -0.25) is 9.69 Å². The van der Waals surface area contributed by atoms with Crippen LogP contribution in [0.15, 0.2) is 76.1 Å². The maximum atomic E-state index is 13.7. The minimum absolute atomic E-state index is 0.254. The van der Waals surface area contributed by atoms with Gasteiger partial charge in [0.15, 0.2) is 5.82 Å². The highest BCUT2D eigenvalue weighted by atomic mass is 19.1. The van der Waals surface area contributed by atoms with Crippen LogP contribution < -0.4 is 10.3 Å². The molecule has 10 heteroatoms. The first-order chi connectivity index (χ1) is 18.7. The predicted octanol–water partition coefficient (Wildman–Crippen LogP) is 4.84. The van der Waals surface area contributed by atoms with Crippen molar-refractivity contribution < 1.29 is 13.5 Å². The zero-order valence-electron chi connectivity index (χ0n) is 22.4. The van der Waals surface area contributed by atoms with Crippen molar-refractivity contribution in [1.82, 2.24) is 30.1 Å². The predicted molar refractivity (Wildman–Crippen MR) is 145 cm³/mol. The van der Waals surface area contributed by atoms with E-state index in [1.807, 2.05) is 51.1 Å². The van der Waals surface area contributed by atoms with E-state index < -0.39 is 11.6 Å². The number of nitrogens with one attached hydrogen (secondary N) is 1. The Balaban J connectivity index is 1.65. The standard InChI is InChI=1S/C29H31FN6O3/c1-29(2,3)36-27(32-33-34-36)26(24-16-20-9-12-22(38-4)17-25(20)31-28(24)37)35(18-23-6-5-15-39-23)14-13-19-7-10-21(30)11-8-19/h5-12,15-17,26H,13-14,18H2,1-4H3,(H,31,37)/t26-/m0/s1. The molecule has 9 nitrogen and oxygen atoms in total. The van der Waals surface area contributed by atoms with E-state index in [-0.39, 0.29) is 11.4 Å². The number of aromatic amines is 1. The molecule has 0 fully saturated rings. The Hall–Kier alpha value is -4.31. The zero-order valence-corrected chi connectivity index (χ0v) is 22.4. The van der Waals surface area contributed by atoms with Crippen molar-refractivity contribution in [2.45, 2.75) is 45.3 Å². The summed E-state index contributed by atoms with van der Waals surface area (Å²) in [5.41, 5.74) is 1.44. The van der Waals surface area contributed by atoms with Gasteiger partial charge in [0.2, 0.25) is 0 Å². The summed E-state index contributed by atoms with van der Waals surface area (Å²) in [6.07, 6.45) is 2.23. The Bertz CT molecular complexity index is 1600. The second kappa shape index (κ2) is 10.8. The van der Waals surface area contributed by atoms with E-state index in [1.54, 1.807) is 36.3 Å². The first-order valence-electron chi connectivity index (χ1n) is 12.7. The van der Waals surface area contributed by atoms with Crippen LogP contribution in [0.1, 0.15) is 49.5 Å². The number of rotatable bonds is 9. The molecule has 0 saturated carbocycles. The first kappa shape index (κ1) is 26.3. The molecule has 0 aliphatic carbocycles. The number of pyridine rings is 1. The Labute approximate surface area is 225 Å². The van der Waals surface area contributed by atoms with Gasteiger partial charge in [0.25, 0.3) is 5.56 Å². The monoisotopic (exact) mass is 530 g/mol. The molecule has 2 aromatic carbocycles. The first-order valence-corrected chi connectivity index (χ1v) is 12.7. The number of benzene rings is 2. The van der Waals surface area contributed by atoms with Gasteiger partial charge in [-0.05, 0) is 91.0 Å². The zero-order chi connectivity index (χ0) is 27.6. The van der Waals surface area contributed by atoms with Gasteiger partial charge in [-0.25, -0.2) is 9.07 Å². The highest BCUT2D eigenvalue weighted by molar-refractivity contribution is 5.80. The lowest BCUT2D eigenvalue weighted by molar-refractivity contribution is 0.181. The number of fused-ring (bicyclic) bond motifs is 1. The highest BCUT2D eigenvalue weighted by Gasteiger charge is 2.33. The van der Waals surface area contributed by atoms with Crippen molar-refractivity contribution in [1.29, 1.82) is 0 Å². The molecule has 5 aromatic rings. The second-order valence-corrected chi connectivity index (χ2v) is 10.5. The summed E-state index contributed by atoms with van der Waals surface area (Å²) in [4.78, 5) is 18.8. The molecule has 1 atom stereocenters. The third kappa shape index (κ3) is 5.75. The third-order valence-electron chi connectivity index (χ3n) is 6.66. The number of ether oxygens (including phenoxy) is 1. The molecular formula is C29H31FN6O3. The molecule has 1 N–H and O–H groups in total. The van der Waals surface area contributed by atoms with Crippen molar-refractivity contribution in [3.05, 3.63) is 106 Å². The molecule has 0 spiro atoms. The fraction of sp³-hybridized carbons (Fsp3) is 0.310. The number of hydrogen-bond acceptors (Lipinski definition) is 7. The van der Waals surface area contributed by atoms with E-state index in [0.29, 0.717) is 42.2 Å². The van der Waals surface area contributed by atoms with Crippen LogP contribution >= 0.6 is 0 Å².